The quantitative estimate of drug-likeness (QED) is 0.481. The highest BCUT2D eigenvalue weighted by atomic mass is 14.0. The molecule has 0 aromatic carbocycles. The van der Waals surface area contributed by atoms with Crippen molar-refractivity contribution < 1.29 is 0 Å². The van der Waals surface area contributed by atoms with Crippen LogP contribution < -0.4 is 0 Å². The second-order valence-corrected chi connectivity index (χ2v) is 4.07. The first-order valence-electron chi connectivity index (χ1n) is 6.13. The van der Waals surface area contributed by atoms with Crippen molar-refractivity contribution in [2.24, 2.45) is 0 Å². The highest BCUT2D eigenvalue weighted by Crippen LogP contribution is 2.10. The SMILES string of the molecule is [CH]1/C=C/C/C=C/CCCCCCCC1. The molecule has 0 spiro atoms. The summed E-state index contributed by atoms with van der Waals surface area (Å²) in [5.41, 5.74) is 0. The van der Waals surface area contributed by atoms with Crippen LogP contribution in [0.5, 0.6) is 0 Å². The minimum atomic E-state index is 1.11. The van der Waals surface area contributed by atoms with E-state index in [1.54, 1.807) is 0 Å². The number of hydrogen-bond acceptors (Lipinski definition) is 0. The second-order valence-electron chi connectivity index (χ2n) is 4.07. The van der Waals surface area contributed by atoms with Crippen LogP contribution in [0.2, 0.25) is 0 Å². The van der Waals surface area contributed by atoms with Crippen molar-refractivity contribution in [3.05, 3.63) is 30.7 Å². The summed E-state index contributed by atoms with van der Waals surface area (Å²) >= 11 is 0. The van der Waals surface area contributed by atoms with Crippen LogP contribution >= 0.6 is 0 Å². The Labute approximate surface area is 89.1 Å². The van der Waals surface area contributed by atoms with Crippen LogP contribution in [0.3, 0.4) is 0 Å². The minimum absolute atomic E-state index is 1.11. The van der Waals surface area contributed by atoms with Crippen LogP contribution in [-0.4, -0.2) is 0 Å². The smallest absolute Gasteiger partial charge is 0.0169 e. The van der Waals surface area contributed by atoms with Gasteiger partial charge in [0.2, 0.25) is 0 Å². The Balaban J connectivity index is 2.17. The standard InChI is InChI=1S/C14H23/c1-2-4-6-8-10-12-14-13-11-9-7-5-3-1/h1-3,6,8H,4-5,7,9-14H2/b2-1+,8-6+. The van der Waals surface area contributed by atoms with Crippen molar-refractivity contribution >= 4 is 0 Å². The van der Waals surface area contributed by atoms with E-state index in [1.165, 1.54) is 51.4 Å². The van der Waals surface area contributed by atoms with E-state index >= 15 is 0 Å². The van der Waals surface area contributed by atoms with Gasteiger partial charge in [-0.05, 0) is 32.1 Å². The van der Waals surface area contributed by atoms with Crippen molar-refractivity contribution in [2.75, 3.05) is 0 Å². The molecule has 0 heteroatoms. The summed E-state index contributed by atoms with van der Waals surface area (Å²) in [4.78, 5) is 0. The zero-order valence-electron chi connectivity index (χ0n) is 9.25. The zero-order valence-corrected chi connectivity index (χ0v) is 9.25. The third kappa shape index (κ3) is 6.94. The zero-order chi connectivity index (χ0) is 9.90. The molecule has 0 aliphatic heterocycles. The largest absolute Gasteiger partial charge is 0.0882 e. The van der Waals surface area contributed by atoms with Crippen molar-refractivity contribution in [2.45, 2.75) is 57.8 Å². The van der Waals surface area contributed by atoms with Gasteiger partial charge >= 0.3 is 0 Å². The predicted molar refractivity (Wildman–Crippen MR) is 64.1 cm³/mol. The molecule has 0 unspecified atom stereocenters. The van der Waals surface area contributed by atoms with Gasteiger partial charge < -0.3 is 0 Å². The van der Waals surface area contributed by atoms with Crippen LogP contribution in [0.4, 0.5) is 0 Å². The Kier molecular flexibility index (Phi) is 7.47. The van der Waals surface area contributed by atoms with E-state index in [9.17, 15) is 0 Å². The third-order valence-electron chi connectivity index (χ3n) is 2.70. The fourth-order valence-corrected chi connectivity index (χ4v) is 1.80. The molecule has 14 heavy (non-hydrogen) atoms. The first-order chi connectivity index (χ1) is 7.00. The number of hydrogen-bond donors (Lipinski definition) is 0. The van der Waals surface area contributed by atoms with E-state index in [4.69, 9.17) is 0 Å². The predicted octanol–water partition coefficient (Wildman–Crippen LogP) is 4.83. The minimum Gasteiger partial charge on any atom is -0.0882 e. The monoisotopic (exact) mass is 191 g/mol. The molecule has 0 nitrogen and oxygen atoms in total. The maximum Gasteiger partial charge on any atom is -0.0169 e. The molecule has 0 bridgehead atoms. The van der Waals surface area contributed by atoms with Gasteiger partial charge in [-0.25, -0.2) is 0 Å². The average molecular weight is 191 g/mol. The second kappa shape index (κ2) is 9.05. The first kappa shape index (κ1) is 11.6. The van der Waals surface area contributed by atoms with Gasteiger partial charge in [-0.1, -0.05) is 56.4 Å². The van der Waals surface area contributed by atoms with Crippen molar-refractivity contribution in [1.82, 2.24) is 0 Å². The normalized spacial score (nSPS) is 26.3. The fraction of sp³-hybridized carbons (Fsp3) is 0.643. The van der Waals surface area contributed by atoms with E-state index in [0.717, 1.165) is 6.42 Å². The van der Waals surface area contributed by atoms with E-state index in [-0.39, 0.29) is 0 Å². The molecule has 1 aliphatic carbocycles. The lowest BCUT2D eigenvalue weighted by Crippen LogP contribution is -1.81. The maximum absolute atomic E-state index is 2.33. The van der Waals surface area contributed by atoms with Crippen molar-refractivity contribution in [3.63, 3.8) is 0 Å². The molecule has 1 rings (SSSR count). The molecule has 0 N–H and O–H groups in total. The Morgan fingerprint density at radius 3 is 2.14 bits per heavy atom. The first-order valence-corrected chi connectivity index (χ1v) is 6.13. The molecule has 79 valence electrons. The van der Waals surface area contributed by atoms with E-state index in [1.807, 2.05) is 0 Å². The summed E-state index contributed by atoms with van der Waals surface area (Å²) in [7, 11) is 0. The van der Waals surface area contributed by atoms with Crippen LogP contribution in [0, 0.1) is 6.42 Å². The van der Waals surface area contributed by atoms with Crippen LogP contribution in [-0.2, 0) is 0 Å². The van der Waals surface area contributed by atoms with Gasteiger partial charge in [-0.3, -0.25) is 0 Å². The maximum atomic E-state index is 2.33. The summed E-state index contributed by atoms with van der Waals surface area (Å²) < 4.78 is 0. The van der Waals surface area contributed by atoms with Crippen LogP contribution in [0.25, 0.3) is 0 Å². The van der Waals surface area contributed by atoms with Crippen molar-refractivity contribution in [1.29, 1.82) is 0 Å². The van der Waals surface area contributed by atoms with Crippen LogP contribution in [0.15, 0.2) is 24.3 Å². The molecule has 0 amide bonds. The molecule has 0 heterocycles. The summed E-state index contributed by atoms with van der Waals surface area (Å²) in [6.45, 7) is 0. The number of allylic oxidation sites excluding steroid dienone is 4. The fourth-order valence-electron chi connectivity index (χ4n) is 1.80. The molecular weight excluding hydrogens is 168 g/mol. The molecule has 0 aromatic heterocycles. The Morgan fingerprint density at radius 1 is 0.571 bits per heavy atom. The molecule has 1 radical (unpaired) electrons. The molecule has 0 saturated heterocycles. The van der Waals surface area contributed by atoms with Gasteiger partial charge in [0.1, 0.15) is 0 Å². The van der Waals surface area contributed by atoms with Gasteiger partial charge in [0, 0.05) is 0 Å². The van der Waals surface area contributed by atoms with Crippen LogP contribution in [0.1, 0.15) is 57.8 Å². The summed E-state index contributed by atoms with van der Waals surface area (Å²) in [5.74, 6) is 0. The summed E-state index contributed by atoms with van der Waals surface area (Å²) in [6.07, 6.45) is 23.5. The van der Waals surface area contributed by atoms with Crippen molar-refractivity contribution in [3.8, 4) is 0 Å². The lowest BCUT2D eigenvalue weighted by atomic mass is 10.1. The molecule has 0 fully saturated rings. The third-order valence-corrected chi connectivity index (χ3v) is 2.70. The molecule has 0 aromatic rings. The van der Waals surface area contributed by atoms with E-state index in [2.05, 4.69) is 30.7 Å². The Morgan fingerprint density at radius 2 is 1.29 bits per heavy atom. The highest BCUT2D eigenvalue weighted by molar-refractivity contribution is 4.99. The van der Waals surface area contributed by atoms with Gasteiger partial charge in [0.25, 0.3) is 0 Å². The van der Waals surface area contributed by atoms with E-state index < -0.39 is 0 Å². The molecular formula is C14H23. The van der Waals surface area contributed by atoms with Gasteiger partial charge in [0.15, 0.2) is 0 Å². The lowest BCUT2D eigenvalue weighted by molar-refractivity contribution is 0.596. The summed E-state index contributed by atoms with van der Waals surface area (Å²) in [6, 6.07) is 0. The van der Waals surface area contributed by atoms with Gasteiger partial charge in [0.05, 0.1) is 0 Å². The Bertz CT molecular complexity index is 147. The summed E-state index contributed by atoms with van der Waals surface area (Å²) in [5, 5.41) is 0. The van der Waals surface area contributed by atoms with Gasteiger partial charge in [-0.2, -0.15) is 0 Å². The Hall–Kier alpha value is -0.520. The average Bonchev–Trinajstić information content (AvgIpc) is 2.22. The van der Waals surface area contributed by atoms with Gasteiger partial charge in [-0.15, -0.1) is 0 Å². The molecule has 0 saturated carbocycles. The topological polar surface area (TPSA) is 0 Å². The lowest BCUT2D eigenvalue weighted by Gasteiger charge is -2.00. The molecule has 1 aliphatic rings. The highest BCUT2D eigenvalue weighted by Gasteiger charge is 1.91. The number of rotatable bonds is 0. The molecule has 0 atom stereocenters. The van der Waals surface area contributed by atoms with E-state index in [0.29, 0.717) is 0 Å².